The summed E-state index contributed by atoms with van der Waals surface area (Å²) >= 11 is 0. The highest BCUT2D eigenvalue weighted by Gasteiger charge is 2.33. The van der Waals surface area contributed by atoms with Crippen LogP contribution in [0.25, 0.3) is 22.6 Å². The van der Waals surface area contributed by atoms with Crippen molar-refractivity contribution in [1.29, 1.82) is 0 Å². The maximum absolute atomic E-state index is 14.1. The third kappa shape index (κ3) is 4.53. The van der Waals surface area contributed by atoms with Gasteiger partial charge in [-0.3, -0.25) is 9.88 Å². The summed E-state index contributed by atoms with van der Waals surface area (Å²) in [6, 6.07) is 2.51. The molecule has 5 heterocycles. The molecule has 3 aliphatic rings. The first-order chi connectivity index (χ1) is 17.6. The molecule has 3 atom stereocenters. The van der Waals surface area contributed by atoms with Gasteiger partial charge >= 0.3 is 6.01 Å². The Hall–Kier alpha value is -3.17. The van der Waals surface area contributed by atoms with E-state index in [2.05, 4.69) is 43.0 Å². The Kier molecular flexibility index (Phi) is 6.27. The van der Waals surface area contributed by atoms with Crippen LogP contribution < -0.4 is 4.74 Å². The number of aryl methyl sites for hydroxylation is 1. The first kappa shape index (κ1) is 23.2. The number of ether oxygens (including phenoxy) is 1. The summed E-state index contributed by atoms with van der Waals surface area (Å²) in [5.74, 6) is 0.756. The fourth-order valence-electron chi connectivity index (χ4n) is 5.66. The molecule has 8 nitrogen and oxygen atoms in total. The van der Waals surface area contributed by atoms with Crippen molar-refractivity contribution in [3.05, 3.63) is 53.8 Å². The van der Waals surface area contributed by atoms with E-state index >= 15 is 0 Å². The van der Waals surface area contributed by atoms with Crippen molar-refractivity contribution in [2.24, 2.45) is 5.92 Å². The van der Waals surface area contributed by atoms with Crippen LogP contribution in [0, 0.1) is 18.7 Å². The second kappa shape index (κ2) is 9.71. The minimum atomic E-state index is -0.397. The average Bonchev–Trinajstić information content (AvgIpc) is 3.44. The smallest absolute Gasteiger partial charge is 0.318 e. The molecule has 0 saturated carbocycles. The van der Waals surface area contributed by atoms with Crippen molar-refractivity contribution in [1.82, 2.24) is 34.3 Å². The van der Waals surface area contributed by atoms with Crippen LogP contribution in [0.1, 0.15) is 25.5 Å². The molecule has 6 rings (SSSR count). The average molecular weight is 490 g/mol. The highest BCUT2D eigenvalue weighted by atomic mass is 19.1. The van der Waals surface area contributed by atoms with Gasteiger partial charge in [0.15, 0.2) is 5.65 Å². The summed E-state index contributed by atoms with van der Waals surface area (Å²) in [5.41, 5.74) is 3.90. The number of aromatic nitrogens is 5. The summed E-state index contributed by atoms with van der Waals surface area (Å²) in [6.07, 6.45) is 12.1. The normalized spacial score (nSPS) is 23.9. The topological polar surface area (TPSA) is 72.2 Å². The lowest BCUT2D eigenvalue weighted by Crippen LogP contribution is -2.48. The molecule has 0 radical (unpaired) electrons. The largest absolute Gasteiger partial charge is 0.464 e. The van der Waals surface area contributed by atoms with Gasteiger partial charge in [-0.1, -0.05) is 18.2 Å². The number of pyridine rings is 1. The van der Waals surface area contributed by atoms with E-state index in [1.54, 1.807) is 6.20 Å². The van der Waals surface area contributed by atoms with Crippen LogP contribution in [0.5, 0.6) is 6.01 Å². The van der Waals surface area contributed by atoms with Gasteiger partial charge in [-0.05, 0) is 50.8 Å². The van der Waals surface area contributed by atoms with Crippen LogP contribution in [-0.4, -0.2) is 79.7 Å². The predicted molar refractivity (Wildman–Crippen MR) is 136 cm³/mol. The van der Waals surface area contributed by atoms with Crippen molar-refractivity contribution in [3.8, 4) is 17.4 Å². The molecule has 2 bridgehead atoms. The summed E-state index contributed by atoms with van der Waals surface area (Å²) in [4.78, 5) is 23.2. The van der Waals surface area contributed by atoms with E-state index < -0.39 is 5.82 Å². The standard InChI is InChI=1S/C27H32FN7O/c1-3-36-27-30-18(2)24-26(32-27)35(25(31-24)21-12-22(28)14-29-13-21)16-20-6-4-19(5-7-20)15-34-11-10-33-9-8-23(34)17-33/h4,6-7,12-14,19,23H,3,5,8-11,15-17H2,1-2H3. The Balaban J connectivity index is 1.27. The second-order valence-electron chi connectivity index (χ2n) is 9.98. The van der Waals surface area contributed by atoms with Crippen molar-refractivity contribution >= 4 is 11.2 Å². The zero-order chi connectivity index (χ0) is 24.6. The maximum atomic E-state index is 14.1. The number of hydrogen-bond acceptors (Lipinski definition) is 7. The van der Waals surface area contributed by atoms with Gasteiger partial charge in [0.1, 0.15) is 17.2 Å². The number of rotatable bonds is 7. The van der Waals surface area contributed by atoms with Crippen LogP contribution in [0.2, 0.25) is 0 Å². The molecule has 0 aromatic carbocycles. The van der Waals surface area contributed by atoms with Gasteiger partial charge in [-0.25, -0.2) is 9.37 Å². The summed E-state index contributed by atoms with van der Waals surface area (Å²) in [6.45, 7) is 10.8. The van der Waals surface area contributed by atoms with Gasteiger partial charge < -0.3 is 14.2 Å². The highest BCUT2D eigenvalue weighted by Crippen LogP contribution is 2.29. The van der Waals surface area contributed by atoms with Gasteiger partial charge in [0.25, 0.3) is 0 Å². The number of fused-ring (bicyclic) bond motifs is 3. The number of allylic oxidation sites excluding steroid dienone is 3. The van der Waals surface area contributed by atoms with Crippen molar-refractivity contribution in [2.45, 2.75) is 39.3 Å². The first-order valence-electron chi connectivity index (χ1n) is 12.9. The van der Waals surface area contributed by atoms with E-state index in [0.29, 0.717) is 47.6 Å². The summed E-state index contributed by atoms with van der Waals surface area (Å²) in [7, 11) is 0. The quantitative estimate of drug-likeness (QED) is 0.502. The Morgan fingerprint density at radius 3 is 2.86 bits per heavy atom. The molecule has 3 aromatic rings. The van der Waals surface area contributed by atoms with Crippen LogP contribution in [-0.2, 0) is 6.54 Å². The number of hydrogen-bond donors (Lipinski definition) is 0. The molecule has 2 saturated heterocycles. The molecule has 0 N–H and O–H groups in total. The highest BCUT2D eigenvalue weighted by molar-refractivity contribution is 5.79. The molecule has 9 heteroatoms. The lowest BCUT2D eigenvalue weighted by Gasteiger charge is -2.36. The molecule has 0 spiro atoms. The Labute approximate surface area is 210 Å². The molecule has 2 fully saturated rings. The summed E-state index contributed by atoms with van der Waals surface area (Å²) < 4.78 is 21.7. The van der Waals surface area contributed by atoms with E-state index in [9.17, 15) is 4.39 Å². The van der Waals surface area contributed by atoms with Gasteiger partial charge in [0.05, 0.1) is 25.0 Å². The lowest BCUT2D eigenvalue weighted by molar-refractivity contribution is 0.124. The lowest BCUT2D eigenvalue weighted by atomic mass is 9.95. The molecular weight excluding hydrogens is 457 g/mol. The van der Waals surface area contributed by atoms with Crippen molar-refractivity contribution < 1.29 is 9.13 Å². The second-order valence-corrected chi connectivity index (χ2v) is 9.98. The first-order valence-corrected chi connectivity index (χ1v) is 12.9. The predicted octanol–water partition coefficient (Wildman–Crippen LogP) is 3.63. The third-order valence-corrected chi connectivity index (χ3v) is 7.53. The van der Waals surface area contributed by atoms with Crippen molar-refractivity contribution in [2.75, 3.05) is 39.3 Å². The van der Waals surface area contributed by atoms with Gasteiger partial charge in [0.2, 0.25) is 0 Å². The molecular formula is C27H32FN7O. The molecule has 1 aliphatic carbocycles. The Morgan fingerprint density at radius 1 is 1.14 bits per heavy atom. The maximum Gasteiger partial charge on any atom is 0.318 e. The zero-order valence-electron chi connectivity index (χ0n) is 20.9. The SMILES string of the molecule is CCOc1nc(C)c2nc(-c3cncc(F)c3)n(CC3=CCC(CN4CCN5CCC4C5)C=C3)c2n1. The number of halogens is 1. The van der Waals surface area contributed by atoms with Gasteiger partial charge in [-0.15, -0.1) is 0 Å². The summed E-state index contributed by atoms with van der Waals surface area (Å²) in [5, 5.41) is 0. The van der Waals surface area contributed by atoms with E-state index in [4.69, 9.17) is 9.72 Å². The molecule has 0 amide bonds. The van der Waals surface area contributed by atoms with Crippen LogP contribution >= 0.6 is 0 Å². The Morgan fingerprint density at radius 2 is 2.06 bits per heavy atom. The molecule has 3 unspecified atom stereocenters. The van der Waals surface area contributed by atoms with Gasteiger partial charge in [0, 0.05) is 44.0 Å². The number of piperazine rings is 1. The van der Waals surface area contributed by atoms with E-state index in [1.165, 1.54) is 50.4 Å². The minimum Gasteiger partial charge on any atom is -0.464 e. The molecule has 188 valence electrons. The van der Waals surface area contributed by atoms with Crippen LogP contribution in [0.15, 0.2) is 42.3 Å². The van der Waals surface area contributed by atoms with Gasteiger partial charge in [-0.2, -0.15) is 9.97 Å². The molecule has 36 heavy (non-hydrogen) atoms. The Bertz CT molecular complexity index is 1330. The third-order valence-electron chi connectivity index (χ3n) is 7.53. The zero-order valence-corrected chi connectivity index (χ0v) is 20.9. The monoisotopic (exact) mass is 489 g/mol. The fraction of sp³-hybridized carbons (Fsp3) is 0.481. The minimum absolute atomic E-state index is 0.327. The van der Waals surface area contributed by atoms with Crippen molar-refractivity contribution in [3.63, 3.8) is 0 Å². The number of imidazole rings is 1. The fourth-order valence-corrected chi connectivity index (χ4v) is 5.66. The van der Waals surface area contributed by atoms with Crippen LogP contribution in [0.4, 0.5) is 4.39 Å². The number of nitrogens with zero attached hydrogens (tertiary/aromatic N) is 7. The molecule has 3 aromatic heterocycles. The molecule has 2 aliphatic heterocycles. The van der Waals surface area contributed by atoms with E-state index in [1.807, 2.05) is 18.4 Å². The van der Waals surface area contributed by atoms with Crippen LogP contribution in [0.3, 0.4) is 0 Å². The van der Waals surface area contributed by atoms with E-state index in [-0.39, 0.29) is 0 Å². The van der Waals surface area contributed by atoms with E-state index in [0.717, 1.165) is 24.7 Å².